The second-order valence-corrected chi connectivity index (χ2v) is 7.26. The van der Waals surface area contributed by atoms with Gasteiger partial charge in [0, 0.05) is 17.7 Å². The minimum Gasteiger partial charge on any atom is -0.411 e. The summed E-state index contributed by atoms with van der Waals surface area (Å²) in [7, 11) is 0. The molecule has 0 bridgehead atoms. The number of hydrogen-bond donors (Lipinski definition) is 2. The molecule has 0 unspecified atom stereocenters. The molecule has 3 N–H and O–H groups in total. The van der Waals surface area contributed by atoms with E-state index in [1.54, 1.807) is 0 Å². The van der Waals surface area contributed by atoms with Gasteiger partial charge in [0.25, 0.3) is 5.22 Å². The fourth-order valence-electron chi connectivity index (χ4n) is 1.93. The van der Waals surface area contributed by atoms with Crippen LogP contribution in [0.2, 0.25) is 0 Å². The van der Waals surface area contributed by atoms with Gasteiger partial charge in [0.2, 0.25) is 11.8 Å². The topological polar surface area (TPSA) is 111 Å². The SMILES string of the molecule is CC(C)(C)c1ccc(-c2nnc(SCCC(=O)NC(N)=O)o2)cc1. The van der Waals surface area contributed by atoms with E-state index in [1.807, 2.05) is 29.6 Å². The molecular formula is C16H20N4O3S. The molecule has 0 atom stereocenters. The van der Waals surface area contributed by atoms with Crippen molar-refractivity contribution in [2.75, 3.05) is 5.75 Å². The smallest absolute Gasteiger partial charge is 0.318 e. The van der Waals surface area contributed by atoms with Crippen LogP contribution in [0.1, 0.15) is 32.8 Å². The number of carbonyl (C=O) groups is 2. The van der Waals surface area contributed by atoms with E-state index in [0.29, 0.717) is 16.9 Å². The van der Waals surface area contributed by atoms with Gasteiger partial charge in [-0.2, -0.15) is 0 Å². The first kappa shape index (κ1) is 18.0. The Hall–Kier alpha value is -2.35. The van der Waals surface area contributed by atoms with Gasteiger partial charge in [0.05, 0.1) is 0 Å². The van der Waals surface area contributed by atoms with Crippen LogP contribution in [-0.2, 0) is 10.2 Å². The summed E-state index contributed by atoms with van der Waals surface area (Å²) >= 11 is 1.25. The van der Waals surface area contributed by atoms with Crippen molar-refractivity contribution >= 4 is 23.7 Å². The minimum atomic E-state index is -0.858. The third-order valence-corrected chi connectivity index (χ3v) is 4.04. The predicted molar refractivity (Wildman–Crippen MR) is 91.5 cm³/mol. The molecule has 128 valence electrons. The maximum absolute atomic E-state index is 11.3. The third kappa shape index (κ3) is 5.09. The number of aromatic nitrogens is 2. The van der Waals surface area contributed by atoms with Crippen LogP contribution >= 0.6 is 11.8 Å². The number of amides is 3. The highest BCUT2D eigenvalue weighted by Crippen LogP contribution is 2.27. The average Bonchev–Trinajstić information content (AvgIpc) is 2.94. The molecule has 7 nitrogen and oxygen atoms in total. The molecule has 0 aliphatic heterocycles. The number of thioether (sulfide) groups is 1. The molecule has 0 radical (unpaired) electrons. The molecule has 2 rings (SSSR count). The van der Waals surface area contributed by atoms with Crippen LogP contribution in [0.15, 0.2) is 33.9 Å². The molecule has 3 amide bonds. The summed E-state index contributed by atoms with van der Waals surface area (Å²) in [6.45, 7) is 6.45. The van der Waals surface area contributed by atoms with Gasteiger partial charge in [0.1, 0.15) is 0 Å². The fraction of sp³-hybridized carbons (Fsp3) is 0.375. The van der Waals surface area contributed by atoms with Gasteiger partial charge in [0.15, 0.2) is 0 Å². The summed E-state index contributed by atoms with van der Waals surface area (Å²) in [6.07, 6.45) is 0.131. The van der Waals surface area contributed by atoms with E-state index in [4.69, 9.17) is 10.2 Å². The second-order valence-electron chi connectivity index (χ2n) is 6.21. The highest BCUT2D eigenvalue weighted by atomic mass is 32.2. The maximum Gasteiger partial charge on any atom is 0.318 e. The zero-order valence-electron chi connectivity index (χ0n) is 13.8. The van der Waals surface area contributed by atoms with E-state index in [0.717, 1.165) is 5.56 Å². The summed E-state index contributed by atoms with van der Waals surface area (Å²) in [5.41, 5.74) is 7.01. The number of hydrogen-bond acceptors (Lipinski definition) is 6. The maximum atomic E-state index is 11.3. The first-order valence-corrected chi connectivity index (χ1v) is 8.41. The van der Waals surface area contributed by atoms with Crippen LogP contribution in [0.3, 0.4) is 0 Å². The van der Waals surface area contributed by atoms with Gasteiger partial charge in [-0.3, -0.25) is 10.1 Å². The van der Waals surface area contributed by atoms with Crippen molar-refractivity contribution in [2.45, 2.75) is 37.8 Å². The molecule has 0 saturated heterocycles. The lowest BCUT2D eigenvalue weighted by atomic mass is 9.87. The number of nitrogens with zero attached hydrogens (tertiary/aromatic N) is 2. The van der Waals surface area contributed by atoms with Gasteiger partial charge in [-0.1, -0.05) is 44.7 Å². The van der Waals surface area contributed by atoms with Crippen LogP contribution in [0.5, 0.6) is 0 Å². The van der Waals surface area contributed by atoms with E-state index < -0.39 is 11.9 Å². The Balaban J connectivity index is 1.93. The first-order chi connectivity index (χ1) is 11.3. The van der Waals surface area contributed by atoms with Crippen LogP contribution in [0, 0.1) is 0 Å². The second kappa shape index (κ2) is 7.48. The van der Waals surface area contributed by atoms with Gasteiger partial charge in [-0.15, -0.1) is 10.2 Å². The Bertz CT molecular complexity index is 720. The van der Waals surface area contributed by atoms with Crippen molar-refractivity contribution in [3.63, 3.8) is 0 Å². The Kier molecular flexibility index (Phi) is 5.61. The molecule has 0 aliphatic carbocycles. The normalized spacial score (nSPS) is 11.3. The zero-order valence-corrected chi connectivity index (χ0v) is 14.6. The number of primary amides is 1. The van der Waals surface area contributed by atoms with Crippen LogP contribution in [0.4, 0.5) is 4.79 Å². The molecule has 1 heterocycles. The van der Waals surface area contributed by atoms with Crippen LogP contribution in [-0.4, -0.2) is 27.9 Å². The molecule has 2 aromatic rings. The van der Waals surface area contributed by atoms with Crippen LogP contribution < -0.4 is 11.1 Å². The number of urea groups is 1. The van der Waals surface area contributed by atoms with Gasteiger partial charge >= 0.3 is 6.03 Å². The summed E-state index contributed by atoms with van der Waals surface area (Å²) in [5, 5.41) is 10.3. The average molecular weight is 348 g/mol. The Morgan fingerprint density at radius 2 is 1.88 bits per heavy atom. The van der Waals surface area contributed by atoms with E-state index in [2.05, 4.69) is 31.0 Å². The number of nitrogens with two attached hydrogens (primary N) is 1. The highest BCUT2D eigenvalue weighted by molar-refractivity contribution is 7.99. The summed E-state index contributed by atoms with van der Waals surface area (Å²) < 4.78 is 5.58. The summed E-state index contributed by atoms with van der Waals surface area (Å²) in [4.78, 5) is 21.8. The molecule has 0 fully saturated rings. The largest absolute Gasteiger partial charge is 0.411 e. The summed E-state index contributed by atoms with van der Waals surface area (Å²) in [5.74, 6) is 0.399. The van der Waals surface area contributed by atoms with E-state index in [9.17, 15) is 9.59 Å². The predicted octanol–water partition coefficient (Wildman–Crippen LogP) is 2.71. The van der Waals surface area contributed by atoms with E-state index >= 15 is 0 Å². The lowest BCUT2D eigenvalue weighted by Gasteiger charge is -2.18. The standard InChI is InChI=1S/C16H20N4O3S/c1-16(2,3)11-6-4-10(5-7-11)13-19-20-15(23-13)24-9-8-12(21)18-14(17)22/h4-7H,8-9H2,1-3H3,(H3,17,18,21,22). The Labute approximate surface area is 144 Å². The van der Waals surface area contributed by atoms with Gasteiger partial charge in [-0.25, -0.2) is 4.79 Å². The number of carbonyl (C=O) groups excluding carboxylic acids is 2. The Morgan fingerprint density at radius 1 is 1.21 bits per heavy atom. The minimum absolute atomic E-state index is 0.0832. The van der Waals surface area contributed by atoms with Crippen molar-refractivity contribution in [1.82, 2.24) is 15.5 Å². The molecule has 8 heteroatoms. The van der Waals surface area contributed by atoms with Crippen molar-refractivity contribution in [2.24, 2.45) is 5.73 Å². The Morgan fingerprint density at radius 3 is 2.46 bits per heavy atom. The molecule has 1 aromatic heterocycles. The molecule has 24 heavy (non-hydrogen) atoms. The van der Waals surface area contributed by atoms with Crippen molar-refractivity contribution < 1.29 is 14.0 Å². The zero-order chi connectivity index (χ0) is 17.7. The quantitative estimate of drug-likeness (QED) is 0.804. The highest BCUT2D eigenvalue weighted by Gasteiger charge is 2.15. The van der Waals surface area contributed by atoms with Crippen LogP contribution in [0.25, 0.3) is 11.5 Å². The van der Waals surface area contributed by atoms with Gasteiger partial charge in [-0.05, 0) is 23.1 Å². The first-order valence-electron chi connectivity index (χ1n) is 7.42. The van der Waals surface area contributed by atoms with Crippen molar-refractivity contribution in [1.29, 1.82) is 0 Å². The molecule has 0 saturated carbocycles. The number of benzene rings is 1. The third-order valence-electron chi connectivity index (χ3n) is 3.22. The summed E-state index contributed by atoms with van der Waals surface area (Å²) in [6, 6.07) is 7.12. The van der Waals surface area contributed by atoms with E-state index in [-0.39, 0.29) is 11.8 Å². The monoisotopic (exact) mass is 348 g/mol. The lowest BCUT2D eigenvalue weighted by Crippen LogP contribution is -2.35. The van der Waals surface area contributed by atoms with E-state index in [1.165, 1.54) is 17.3 Å². The number of nitrogens with one attached hydrogen (secondary N) is 1. The molecule has 1 aromatic carbocycles. The van der Waals surface area contributed by atoms with Crippen molar-refractivity contribution in [3.05, 3.63) is 29.8 Å². The molecule has 0 spiro atoms. The lowest BCUT2D eigenvalue weighted by molar-refractivity contribution is -0.119. The fourth-order valence-corrected chi connectivity index (χ4v) is 2.63. The number of rotatable bonds is 5. The molecule has 0 aliphatic rings. The van der Waals surface area contributed by atoms with Gasteiger partial charge < -0.3 is 10.2 Å². The van der Waals surface area contributed by atoms with Crippen molar-refractivity contribution in [3.8, 4) is 11.5 Å². The number of imide groups is 1. The molecular weight excluding hydrogens is 328 g/mol.